The summed E-state index contributed by atoms with van der Waals surface area (Å²) in [7, 11) is 1.82. The molecule has 2 heterocycles. The summed E-state index contributed by atoms with van der Waals surface area (Å²) in [6.07, 6.45) is 0.278. The minimum Gasteiger partial charge on any atom is -0.466 e. The van der Waals surface area contributed by atoms with Gasteiger partial charge in [-0.05, 0) is 18.4 Å². The third-order valence-electron chi connectivity index (χ3n) is 2.28. The number of rotatable bonds is 5. The Morgan fingerprint density at radius 1 is 1.56 bits per heavy atom. The molecule has 18 heavy (non-hydrogen) atoms. The van der Waals surface area contributed by atoms with E-state index in [-0.39, 0.29) is 12.4 Å². The number of aromatic nitrogens is 1. The Kier molecular flexibility index (Phi) is 4.33. The van der Waals surface area contributed by atoms with Crippen molar-refractivity contribution < 1.29 is 9.53 Å². The molecule has 0 aromatic carbocycles. The van der Waals surface area contributed by atoms with Gasteiger partial charge in [-0.1, -0.05) is 6.07 Å². The molecule has 0 spiro atoms. The molecule has 0 atom stereocenters. The number of esters is 1. The Labute approximate surface area is 114 Å². The van der Waals surface area contributed by atoms with Crippen molar-refractivity contribution in [3.05, 3.63) is 22.4 Å². The lowest BCUT2D eigenvalue weighted by Gasteiger charge is -2.00. The Morgan fingerprint density at radius 3 is 3.00 bits per heavy atom. The summed E-state index contributed by atoms with van der Waals surface area (Å²) in [5.74, 6) is -0.207. The molecule has 2 aromatic heterocycles. The predicted octanol–water partition coefficient (Wildman–Crippen LogP) is 3.02. The van der Waals surface area contributed by atoms with E-state index in [2.05, 4.69) is 10.3 Å². The molecule has 0 amide bonds. The highest BCUT2D eigenvalue weighted by Crippen LogP contribution is 2.33. The summed E-state index contributed by atoms with van der Waals surface area (Å²) in [4.78, 5) is 18.1. The Bertz CT molecular complexity index is 520. The van der Waals surface area contributed by atoms with Crippen LogP contribution < -0.4 is 5.32 Å². The summed E-state index contributed by atoms with van der Waals surface area (Å²) < 4.78 is 4.98. The van der Waals surface area contributed by atoms with Crippen molar-refractivity contribution in [2.75, 3.05) is 19.0 Å². The molecule has 6 heteroatoms. The maximum absolute atomic E-state index is 11.6. The van der Waals surface area contributed by atoms with Crippen LogP contribution in [0, 0.1) is 0 Å². The average Bonchev–Trinajstić information content (AvgIpc) is 2.97. The Morgan fingerprint density at radius 2 is 2.39 bits per heavy atom. The van der Waals surface area contributed by atoms with E-state index in [0.717, 1.165) is 20.6 Å². The molecule has 0 aliphatic heterocycles. The largest absolute Gasteiger partial charge is 0.466 e. The summed E-state index contributed by atoms with van der Waals surface area (Å²) >= 11 is 3.11. The first-order valence-electron chi connectivity index (χ1n) is 5.61. The maximum atomic E-state index is 11.6. The average molecular weight is 282 g/mol. The Hall–Kier alpha value is -1.40. The van der Waals surface area contributed by atoms with E-state index in [1.54, 1.807) is 11.3 Å². The van der Waals surface area contributed by atoms with Crippen LogP contribution in [0.3, 0.4) is 0 Å². The van der Waals surface area contributed by atoms with Crippen LogP contribution in [-0.4, -0.2) is 24.6 Å². The highest BCUT2D eigenvalue weighted by molar-refractivity contribution is 7.17. The van der Waals surface area contributed by atoms with Gasteiger partial charge in [-0.25, -0.2) is 4.98 Å². The fourth-order valence-electron chi connectivity index (χ4n) is 1.53. The van der Waals surface area contributed by atoms with Gasteiger partial charge in [0.2, 0.25) is 0 Å². The van der Waals surface area contributed by atoms with E-state index in [4.69, 9.17) is 4.74 Å². The van der Waals surface area contributed by atoms with Gasteiger partial charge in [0.05, 0.1) is 23.6 Å². The van der Waals surface area contributed by atoms with E-state index in [9.17, 15) is 4.79 Å². The SMILES string of the molecule is CCOC(=O)Cc1sc(NC)nc1-c1cccs1. The number of carbonyl (C=O) groups excluding carboxylic acids is 1. The fourth-order valence-corrected chi connectivity index (χ4v) is 3.25. The van der Waals surface area contributed by atoms with Crippen molar-refractivity contribution in [2.24, 2.45) is 0 Å². The first kappa shape index (κ1) is 13.0. The molecule has 4 nitrogen and oxygen atoms in total. The molecule has 0 radical (unpaired) electrons. The van der Waals surface area contributed by atoms with Gasteiger partial charge in [0.15, 0.2) is 5.13 Å². The minimum absolute atomic E-state index is 0.207. The zero-order valence-electron chi connectivity index (χ0n) is 10.2. The zero-order chi connectivity index (χ0) is 13.0. The highest BCUT2D eigenvalue weighted by Gasteiger charge is 2.16. The van der Waals surface area contributed by atoms with E-state index in [0.29, 0.717) is 6.61 Å². The highest BCUT2D eigenvalue weighted by atomic mass is 32.1. The van der Waals surface area contributed by atoms with Crippen molar-refractivity contribution in [3.63, 3.8) is 0 Å². The standard InChI is InChI=1S/C12H14N2O2S2/c1-3-16-10(15)7-9-11(8-5-4-6-17-8)14-12(13-2)18-9/h4-6H,3,7H2,1-2H3,(H,13,14). The predicted molar refractivity (Wildman–Crippen MR) is 75.3 cm³/mol. The van der Waals surface area contributed by atoms with Gasteiger partial charge in [0, 0.05) is 11.9 Å². The van der Waals surface area contributed by atoms with Crippen LogP contribution in [0.15, 0.2) is 17.5 Å². The second kappa shape index (κ2) is 5.97. The van der Waals surface area contributed by atoms with Crippen molar-refractivity contribution in [1.82, 2.24) is 4.98 Å². The zero-order valence-corrected chi connectivity index (χ0v) is 11.9. The van der Waals surface area contributed by atoms with E-state index >= 15 is 0 Å². The summed E-state index contributed by atoms with van der Waals surface area (Å²) in [5, 5.41) is 5.83. The number of hydrogen-bond acceptors (Lipinski definition) is 6. The maximum Gasteiger partial charge on any atom is 0.311 e. The minimum atomic E-state index is -0.207. The molecule has 0 unspecified atom stereocenters. The first-order valence-corrected chi connectivity index (χ1v) is 7.31. The monoisotopic (exact) mass is 282 g/mol. The van der Waals surface area contributed by atoms with Crippen LogP contribution >= 0.6 is 22.7 Å². The van der Waals surface area contributed by atoms with Crippen molar-refractivity contribution in [1.29, 1.82) is 0 Å². The fraction of sp³-hybridized carbons (Fsp3) is 0.333. The summed E-state index contributed by atoms with van der Waals surface area (Å²) in [6.45, 7) is 2.22. The molecule has 0 saturated heterocycles. The number of nitrogens with zero attached hydrogens (tertiary/aromatic N) is 1. The van der Waals surface area contributed by atoms with Crippen molar-refractivity contribution in [2.45, 2.75) is 13.3 Å². The molecule has 96 valence electrons. The van der Waals surface area contributed by atoms with Crippen LogP contribution in [0.1, 0.15) is 11.8 Å². The second-order valence-electron chi connectivity index (χ2n) is 3.50. The number of thiophene rings is 1. The topological polar surface area (TPSA) is 51.2 Å². The Balaban J connectivity index is 2.28. The van der Waals surface area contributed by atoms with Gasteiger partial charge in [-0.2, -0.15) is 0 Å². The number of thiazole rings is 1. The smallest absolute Gasteiger partial charge is 0.311 e. The number of anilines is 1. The van der Waals surface area contributed by atoms with E-state index < -0.39 is 0 Å². The number of hydrogen-bond donors (Lipinski definition) is 1. The van der Waals surface area contributed by atoms with Gasteiger partial charge < -0.3 is 10.1 Å². The molecule has 0 fully saturated rings. The lowest BCUT2D eigenvalue weighted by atomic mass is 10.2. The summed E-state index contributed by atoms with van der Waals surface area (Å²) in [5.41, 5.74) is 0.882. The molecule has 0 bridgehead atoms. The van der Waals surface area contributed by atoms with Gasteiger partial charge in [-0.3, -0.25) is 4.79 Å². The third kappa shape index (κ3) is 2.88. The van der Waals surface area contributed by atoms with Crippen LogP contribution in [0.4, 0.5) is 5.13 Å². The molecule has 1 N–H and O–H groups in total. The summed E-state index contributed by atoms with van der Waals surface area (Å²) in [6, 6.07) is 3.99. The van der Waals surface area contributed by atoms with Crippen LogP contribution in [0.5, 0.6) is 0 Å². The van der Waals surface area contributed by atoms with Gasteiger partial charge >= 0.3 is 5.97 Å². The molecule has 2 aromatic rings. The van der Waals surface area contributed by atoms with Crippen molar-refractivity contribution >= 4 is 33.8 Å². The molecular weight excluding hydrogens is 268 g/mol. The molecule has 0 aliphatic carbocycles. The lowest BCUT2D eigenvalue weighted by Crippen LogP contribution is -2.06. The number of ether oxygens (including phenoxy) is 1. The van der Waals surface area contributed by atoms with Crippen LogP contribution in [-0.2, 0) is 16.0 Å². The van der Waals surface area contributed by atoms with Gasteiger partial charge in [0.1, 0.15) is 0 Å². The number of carbonyl (C=O) groups is 1. The van der Waals surface area contributed by atoms with Gasteiger partial charge in [-0.15, -0.1) is 22.7 Å². The first-order chi connectivity index (χ1) is 8.74. The van der Waals surface area contributed by atoms with Crippen LogP contribution in [0.2, 0.25) is 0 Å². The molecular formula is C12H14N2O2S2. The van der Waals surface area contributed by atoms with E-state index in [1.165, 1.54) is 11.3 Å². The molecule has 0 aliphatic rings. The molecule has 0 saturated carbocycles. The number of nitrogens with one attached hydrogen (secondary N) is 1. The van der Waals surface area contributed by atoms with Gasteiger partial charge in [0.25, 0.3) is 0 Å². The van der Waals surface area contributed by atoms with E-state index in [1.807, 2.05) is 31.5 Å². The molecule has 2 rings (SSSR count). The second-order valence-corrected chi connectivity index (χ2v) is 5.53. The third-order valence-corrected chi connectivity index (χ3v) is 4.23. The quantitative estimate of drug-likeness (QED) is 0.856. The lowest BCUT2D eigenvalue weighted by molar-refractivity contribution is -0.142. The van der Waals surface area contributed by atoms with Crippen molar-refractivity contribution in [3.8, 4) is 10.6 Å². The van der Waals surface area contributed by atoms with Crippen LogP contribution in [0.25, 0.3) is 10.6 Å². The normalized spacial score (nSPS) is 10.3.